The maximum absolute atomic E-state index is 11.3. The van der Waals surface area contributed by atoms with Gasteiger partial charge >= 0.3 is 0 Å². The highest BCUT2D eigenvalue weighted by Crippen LogP contribution is 2.03. The van der Waals surface area contributed by atoms with Crippen molar-refractivity contribution in [2.75, 3.05) is 26.8 Å². The largest absolute Gasteiger partial charge is 0.383 e. The highest BCUT2D eigenvalue weighted by atomic mass is 35.5. The van der Waals surface area contributed by atoms with Crippen molar-refractivity contribution in [2.45, 2.75) is 18.9 Å². The summed E-state index contributed by atoms with van der Waals surface area (Å²) in [4.78, 5) is 11.3. The molecule has 0 aliphatic carbocycles. The molecule has 1 unspecified atom stereocenters. The Morgan fingerprint density at radius 2 is 2.46 bits per heavy atom. The maximum atomic E-state index is 11.3. The third kappa shape index (κ3) is 4.45. The van der Waals surface area contributed by atoms with E-state index < -0.39 is 0 Å². The van der Waals surface area contributed by atoms with Crippen LogP contribution in [0.25, 0.3) is 0 Å². The number of rotatable bonds is 4. The summed E-state index contributed by atoms with van der Waals surface area (Å²) in [6.45, 7) is 2.15. The predicted molar refractivity (Wildman–Crippen MR) is 53.2 cm³/mol. The number of amides is 1. The molecule has 2 N–H and O–H groups in total. The van der Waals surface area contributed by atoms with Crippen LogP contribution >= 0.6 is 12.4 Å². The Morgan fingerprint density at radius 3 is 3.00 bits per heavy atom. The van der Waals surface area contributed by atoms with Gasteiger partial charge in [0.15, 0.2) is 0 Å². The number of carbonyl (C=O) groups is 1. The molecule has 0 saturated carbocycles. The molecule has 1 amide bonds. The van der Waals surface area contributed by atoms with Gasteiger partial charge < -0.3 is 15.4 Å². The van der Waals surface area contributed by atoms with E-state index in [2.05, 4.69) is 10.6 Å². The molecule has 0 aromatic carbocycles. The fourth-order valence-electron chi connectivity index (χ4n) is 1.31. The molecule has 0 aromatic rings. The first-order valence-electron chi connectivity index (χ1n) is 4.34. The van der Waals surface area contributed by atoms with Crippen LogP contribution in [0.15, 0.2) is 0 Å². The zero-order valence-corrected chi connectivity index (χ0v) is 8.65. The van der Waals surface area contributed by atoms with E-state index in [9.17, 15) is 4.79 Å². The number of halogens is 1. The van der Waals surface area contributed by atoms with Crippen molar-refractivity contribution in [3.05, 3.63) is 0 Å². The highest BCUT2D eigenvalue weighted by Gasteiger charge is 2.20. The lowest BCUT2D eigenvalue weighted by Gasteiger charge is -2.09. The van der Waals surface area contributed by atoms with Crippen LogP contribution in [0.3, 0.4) is 0 Å². The van der Waals surface area contributed by atoms with Gasteiger partial charge in [-0.25, -0.2) is 0 Å². The van der Waals surface area contributed by atoms with E-state index in [-0.39, 0.29) is 24.4 Å². The number of carbonyl (C=O) groups excluding carboxylic acids is 1. The molecule has 5 heteroatoms. The van der Waals surface area contributed by atoms with Crippen molar-refractivity contribution in [2.24, 2.45) is 0 Å². The summed E-state index contributed by atoms with van der Waals surface area (Å²) in [5.74, 6) is 0.101. The molecular weight excluding hydrogens is 192 g/mol. The Balaban J connectivity index is 0.00000144. The minimum atomic E-state index is 0. The standard InChI is InChI=1S/C8H16N2O2.ClH/c1-12-6-5-10-8(11)7-3-2-4-9-7;/h7,9H,2-6H2,1H3,(H,10,11);1H. The zero-order chi connectivity index (χ0) is 8.81. The summed E-state index contributed by atoms with van der Waals surface area (Å²) in [5, 5.41) is 5.93. The summed E-state index contributed by atoms with van der Waals surface area (Å²) in [6.07, 6.45) is 2.06. The second-order valence-corrected chi connectivity index (χ2v) is 2.93. The van der Waals surface area contributed by atoms with Crippen molar-refractivity contribution < 1.29 is 9.53 Å². The Bertz CT molecular complexity index is 149. The molecule has 0 bridgehead atoms. The Labute approximate surface area is 84.8 Å². The Morgan fingerprint density at radius 1 is 1.69 bits per heavy atom. The van der Waals surface area contributed by atoms with Crippen molar-refractivity contribution >= 4 is 18.3 Å². The van der Waals surface area contributed by atoms with Gasteiger partial charge in [0, 0.05) is 13.7 Å². The SMILES string of the molecule is COCCNC(=O)C1CCCN1.Cl. The fraction of sp³-hybridized carbons (Fsp3) is 0.875. The lowest BCUT2D eigenvalue weighted by atomic mass is 10.2. The van der Waals surface area contributed by atoms with Crippen molar-refractivity contribution in [1.29, 1.82) is 0 Å². The van der Waals surface area contributed by atoms with E-state index >= 15 is 0 Å². The molecule has 0 aromatic heterocycles. The van der Waals surface area contributed by atoms with Crippen LogP contribution in [0.2, 0.25) is 0 Å². The molecule has 1 rings (SSSR count). The van der Waals surface area contributed by atoms with E-state index in [0.29, 0.717) is 13.2 Å². The molecular formula is C8H17ClN2O2. The first-order valence-corrected chi connectivity index (χ1v) is 4.34. The van der Waals surface area contributed by atoms with Gasteiger partial charge in [0.2, 0.25) is 5.91 Å². The van der Waals surface area contributed by atoms with Gasteiger partial charge in [-0.1, -0.05) is 0 Å². The highest BCUT2D eigenvalue weighted by molar-refractivity contribution is 5.85. The number of hydrogen-bond acceptors (Lipinski definition) is 3. The molecule has 1 aliphatic rings. The fourth-order valence-corrected chi connectivity index (χ4v) is 1.31. The van der Waals surface area contributed by atoms with Crippen LogP contribution in [0.5, 0.6) is 0 Å². The second kappa shape index (κ2) is 7.12. The summed E-state index contributed by atoms with van der Waals surface area (Å²) in [5.41, 5.74) is 0. The third-order valence-corrected chi connectivity index (χ3v) is 1.98. The molecule has 4 nitrogen and oxygen atoms in total. The van der Waals surface area contributed by atoms with Crippen LogP contribution in [0, 0.1) is 0 Å². The van der Waals surface area contributed by atoms with E-state index in [0.717, 1.165) is 19.4 Å². The minimum Gasteiger partial charge on any atom is -0.383 e. The normalized spacial score (nSPS) is 20.8. The first kappa shape index (κ1) is 12.7. The zero-order valence-electron chi connectivity index (χ0n) is 7.84. The van der Waals surface area contributed by atoms with E-state index in [4.69, 9.17) is 4.74 Å². The number of nitrogens with one attached hydrogen (secondary N) is 2. The average molecular weight is 209 g/mol. The van der Waals surface area contributed by atoms with E-state index in [1.54, 1.807) is 7.11 Å². The number of hydrogen-bond donors (Lipinski definition) is 2. The molecule has 0 spiro atoms. The molecule has 0 radical (unpaired) electrons. The van der Waals surface area contributed by atoms with Crippen LogP contribution in [-0.4, -0.2) is 38.8 Å². The lowest BCUT2D eigenvalue weighted by molar-refractivity contribution is -0.122. The maximum Gasteiger partial charge on any atom is 0.237 e. The predicted octanol–water partition coefficient (Wildman–Crippen LogP) is -0.0772. The minimum absolute atomic E-state index is 0. The first-order chi connectivity index (χ1) is 5.84. The van der Waals surface area contributed by atoms with Crippen molar-refractivity contribution in [1.82, 2.24) is 10.6 Å². The van der Waals surface area contributed by atoms with E-state index in [1.165, 1.54) is 0 Å². The van der Waals surface area contributed by atoms with Crippen molar-refractivity contribution in [3.8, 4) is 0 Å². The Kier molecular flexibility index (Phi) is 6.94. The van der Waals surface area contributed by atoms with Crippen LogP contribution in [0.1, 0.15) is 12.8 Å². The third-order valence-electron chi connectivity index (χ3n) is 1.98. The van der Waals surface area contributed by atoms with E-state index in [1.807, 2.05) is 0 Å². The Hall–Kier alpha value is -0.320. The van der Waals surface area contributed by atoms with Gasteiger partial charge in [0.1, 0.15) is 0 Å². The molecule has 1 aliphatic heterocycles. The van der Waals surface area contributed by atoms with Gasteiger partial charge in [-0.05, 0) is 19.4 Å². The lowest BCUT2D eigenvalue weighted by Crippen LogP contribution is -2.41. The molecule has 1 saturated heterocycles. The number of ether oxygens (including phenoxy) is 1. The quantitative estimate of drug-likeness (QED) is 0.636. The smallest absolute Gasteiger partial charge is 0.237 e. The second-order valence-electron chi connectivity index (χ2n) is 2.93. The molecule has 13 heavy (non-hydrogen) atoms. The molecule has 1 heterocycles. The topological polar surface area (TPSA) is 50.4 Å². The summed E-state index contributed by atoms with van der Waals surface area (Å²) >= 11 is 0. The van der Waals surface area contributed by atoms with Crippen LogP contribution < -0.4 is 10.6 Å². The van der Waals surface area contributed by atoms with Gasteiger partial charge in [0.25, 0.3) is 0 Å². The summed E-state index contributed by atoms with van der Waals surface area (Å²) in [7, 11) is 1.62. The van der Waals surface area contributed by atoms with Gasteiger partial charge in [-0.3, -0.25) is 4.79 Å². The molecule has 1 atom stereocenters. The average Bonchev–Trinajstić information content (AvgIpc) is 2.56. The summed E-state index contributed by atoms with van der Waals surface area (Å²) in [6, 6.07) is 0.0295. The summed E-state index contributed by atoms with van der Waals surface area (Å²) < 4.78 is 4.82. The number of methoxy groups -OCH3 is 1. The monoisotopic (exact) mass is 208 g/mol. The van der Waals surface area contributed by atoms with Gasteiger partial charge in [-0.15, -0.1) is 12.4 Å². The molecule has 78 valence electrons. The van der Waals surface area contributed by atoms with Crippen LogP contribution in [-0.2, 0) is 9.53 Å². The van der Waals surface area contributed by atoms with Crippen LogP contribution in [0.4, 0.5) is 0 Å². The van der Waals surface area contributed by atoms with Gasteiger partial charge in [-0.2, -0.15) is 0 Å². The van der Waals surface area contributed by atoms with Crippen molar-refractivity contribution in [3.63, 3.8) is 0 Å². The van der Waals surface area contributed by atoms with Gasteiger partial charge in [0.05, 0.1) is 12.6 Å². The molecule has 1 fully saturated rings.